The van der Waals surface area contributed by atoms with Crippen molar-refractivity contribution in [2.75, 3.05) is 0 Å². The zero-order valence-corrected chi connectivity index (χ0v) is 6.12. The van der Waals surface area contributed by atoms with Gasteiger partial charge < -0.3 is 4.57 Å². The Bertz CT molecular complexity index is 257. The molecule has 0 aliphatic carbocycles. The van der Waals surface area contributed by atoms with E-state index in [0.29, 0.717) is 5.92 Å². The average Bonchev–Trinajstić information content (AvgIpc) is 2.33. The van der Waals surface area contributed by atoms with Gasteiger partial charge in [0.25, 0.3) is 0 Å². The first-order chi connectivity index (χ1) is 4.86. The predicted octanol–water partition coefficient (Wildman–Crippen LogP) is 2.15. The third kappa shape index (κ3) is 0.783. The predicted molar refractivity (Wildman–Crippen MR) is 42.6 cm³/mol. The average molecular weight is 133 g/mol. The lowest BCUT2D eigenvalue weighted by atomic mass is 10.1. The molecule has 1 aliphatic rings. The van der Waals surface area contributed by atoms with E-state index < -0.39 is 0 Å². The molecule has 1 unspecified atom stereocenters. The Kier molecular flexibility index (Phi) is 1.16. The molecule has 0 aromatic carbocycles. The third-order valence-corrected chi connectivity index (χ3v) is 1.94. The van der Waals surface area contributed by atoms with Gasteiger partial charge in [-0.15, -0.1) is 0 Å². The van der Waals surface area contributed by atoms with Crippen molar-refractivity contribution in [3.8, 4) is 0 Å². The largest absolute Gasteiger partial charge is 0.347 e. The van der Waals surface area contributed by atoms with Crippen molar-refractivity contribution in [1.29, 1.82) is 0 Å². The van der Waals surface area contributed by atoms with Crippen LogP contribution in [0.2, 0.25) is 0 Å². The fourth-order valence-electron chi connectivity index (χ4n) is 1.38. The zero-order chi connectivity index (χ0) is 6.97. The first-order valence-electron chi connectivity index (χ1n) is 3.69. The van der Waals surface area contributed by atoms with Gasteiger partial charge >= 0.3 is 0 Å². The van der Waals surface area contributed by atoms with Crippen LogP contribution < -0.4 is 0 Å². The van der Waals surface area contributed by atoms with Crippen molar-refractivity contribution >= 4 is 6.08 Å². The van der Waals surface area contributed by atoms with Crippen molar-refractivity contribution in [1.82, 2.24) is 4.57 Å². The molecule has 2 rings (SSSR count). The summed E-state index contributed by atoms with van der Waals surface area (Å²) in [5.74, 6) is 0.694. The minimum Gasteiger partial charge on any atom is -0.347 e. The topological polar surface area (TPSA) is 4.93 Å². The summed E-state index contributed by atoms with van der Waals surface area (Å²) in [6, 6.07) is 4.24. The Morgan fingerprint density at radius 2 is 2.50 bits per heavy atom. The number of allylic oxidation sites excluding steroid dienone is 1. The Morgan fingerprint density at radius 1 is 1.60 bits per heavy atom. The van der Waals surface area contributed by atoms with E-state index in [9.17, 15) is 0 Å². The molecule has 1 aliphatic heterocycles. The molecule has 0 spiro atoms. The van der Waals surface area contributed by atoms with Crippen LogP contribution in [0.5, 0.6) is 0 Å². The number of hydrogen-bond acceptors (Lipinski definition) is 0. The Morgan fingerprint density at radius 3 is 3.40 bits per heavy atom. The highest BCUT2D eigenvalue weighted by atomic mass is 15.0. The van der Waals surface area contributed by atoms with E-state index in [1.807, 2.05) is 0 Å². The van der Waals surface area contributed by atoms with E-state index in [2.05, 4.69) is 42.0 Å². The molecule has 0 fully saturated rings. The van der Waals surface area contributed by atoms with Crippen molar-refractivity contribution in [2.45, 2.75) is 13.5 Å². The van der Waals surface area contributed by atoms with Crippen LogP contribution in [0.25, 0.3) is 6.08 Å². The van der Waals surface area contributed by atoms with Crippen molar-refractivity contribution < 1.29 is 0 Å². The highest BCUT2D eigenvalue weighted by molar-refractivity contribution is 5.47. The molecule has 10 heavy (non-hydrogen) atoms. The molecule has 1 nitrogen and oxygen atoms in total. The smallest absolute Gasteiger partial charge is 0.0403 e. The summed E-state index contributed by atoms with van der Waals surface area (Å²) in [7, 11) is 0. The Labute approximate surface area is 61.0 Å². The monoisotopic (exact) mass is 133 g/mol. The van der Waals surface area contributed by atoms with Gasteiger partial charge in [-0.1, -0.05) is 13.0 Å². The molecule has 0 radical (unpaired) electrons. The number of hydrogen-bond donors (Lipinski definition) is 0. The van der Waals surface area contributed by atoms with Crippen LogP contribution >= 0.6 is 0 Å². The summed E-state index contributed by atoms with van der Waals surface area (Å²) in [4.78, 5) is 0. The molecule has 2 heterocycles. The number of nitrogens with zero attached hydrogens (tertiary/aromatic N) is 1. The maximum atomic E-state index is 2.28. The van der Waals surface area contributed by atoms with Crippen molar-refractivity contribution in [3.05, 3.63) is 30.1 Å². The number of rotatable bonds is 0. The van der Waals surface area contributed by atoms with Gasteiger partial charge in [0.15, 0.2) is 0 Å². The van der Waals surface area contributed by atoms with Crippen LogP contribution in [0.1, 0.15) is 12.6 Å². The standard InChI is InChI=1S/C9H11N/c1-8-4-5-9-3-2-6-10(9)7-8/h2-6,8H,7H2,1H3. The number of aromatic nitrogens is 1. The molecule has 1 aromatic heterocycles. The summed E-state index contributed by atoms with van der Waals surface area (Å²) in [6.45, 7) is 3.37. The van der Waals surface area contributed by atoms with Crippen LogP contribution in [0, 0.1) is 5.92 Å². The summed E-state index contributed by atoms with van der Waals surface area (Å²) in [6.07, 6.45) is 6.58. The lowest BCUT2D eigenvalue weighted by Crippen LogP contribution is -2.09. The van der Waals surface area contributed by atoms with Crippen LogP contribution in [-0.2, 0) is 6.54 Å². The normalized spacial score (nSPS) is 22.7. The summed E-state index contributed by atoms with van der Waals surface area (Å²) in [5.41, 5.74) is 1.33. The molecule has 1 atom stereocenters. The molecule has 1 heteroatoms. The first-order valence-corrected chi connectivity index (χ1v) is 3.69. The van der Waals surface area contributed by atoms with Gasteiger partial charge in [-0.2, -0.15) is 0 Å². The Hall–Kier alpha value is -0.980. The molecular weight excluding hydrogens is 122 g/mol. The molecule has 0 saturated carbocycles. The van der Waals surface area contributed by atoms with Gasteiger partial charge in [0.2, 0.25) is 0 Å². The molecule has 0 amide bonds. The van der Waals surface area contributed by atoms with Crippen LogP contribution in [0.4, 0.5) is 0 Å². The molecule has 0 bridgehead atoms. The van der Waals surface area contributed by atoms with Gasteiger partial charge in [-0.3, -0.25) is 0 Å². The third-order valence-electron chi connectivity index (χ3n) is 1.94. The van der Waals surface area contributed by atoms with Gasteiger partial charge in [0.05, 0.1) is 0 Å². The van der Waals surface area contributed by atoms with E-state index in [4.69, 9.17) is 0 Å². The van der Waals surface area contributed by atoms with E-state index in [1.165, 1.54) is 5.69 Å². The van der Waals surface area contributed by atoms with E-state index in [-0.39, 0.29) is 0 Å². The van der Waals surface area contributed by atoms with Gasteiger partial charge in [-0.25, -0.2) is 0 Å². The zero-order valence-electron chi connectivity index (χ0n) is 6.12. The second-order valence-corrected chi connectivity index (χ2v) is 2.92. The highest BCUT2D eigenvalue weighted by Crippen LogP contribution is 2.15. The highest BCUT2D eigenvalue weighted by Gasteiger charge is 2.06. The lowest BCUT2D eigenvalue weighted by molar-refractivity contribution is 0.560. The first kappa shape index (κ1) is 5.78. The maximum absolute atomic E-state index is 2.28. The maximum Gasteiger partial charge on any atom is 0.0403 e. The summed E-state index contributed by atoms with van der Waals surface area (Å²) in [5, 5.41) is 0. The van der Waals surface area contributed by atoms with Crippen LogP contribution in [0.15, 0.2) is 24.4 Å². The fourth-order valence-corrected chi connectivity index (χ4v) is 1.38. The van der Waals surface area contributed by atoms with E-state index >= 15 is 0 Å². The molecule has 0 saturated heterocycles. The summed E-state index contributed by atoms with van der Waals surface area (Å²) >= 11 is 0. The molecular formula is C9H11N. The molecule has 0 N–H and O–H groups in total. The molecule has 1 aromatic rings. The van der Waals surface area contributed by atoms with E-state index in [1.54, 1.807) is 0 Å². The minimum atomic E-state index is 0.694. The van der Waals surface area contributed by atoms with Gasteiger partial charge in [-0.05, 0) is 24.1 Å². The van der Waals surface area contributed by atoms with Gasteiger partial charge in [0.1, 0.15) is 0 Å². The van der Waals surface area contributed by atoms with Crippen LogP contribution in [0.3, 0.4) is 0 Å². The second-order valence-electron chi connectivity index (χ2n) is 2.92. The Balaban J connectivity index is 2.43. The number of fused-ring (bicyclic) bond motifs is 1. The van der Waals surface area contributed by atoms with Crippen molar-refractivity contribution in [3.63, 3.8) is 0 Å². The van der Waals surface area contributed by atoms with Crippen molar-refractivity contribution in [2.24, 2.45) is 5.92 Å². The quantitative estimate of drug-likeness (QED) is 0.511. The lowest BCUT2D eigenvalue weighted by Gasteiger charge is -2.14. The SMILES string of the molecule is CC1C=Cc2cccn2C1. The second kappa shape index (κ2) is 2.01. The molecule has 52 valence electrons. The minimum absolute atomic E-state index is 0.694. The van der Waals surface area contributed by atoms with E-state index in [0.717, 1.165) is 6.54 Å². The van der Waals surface area contributed by atoms with Gasteiger partial charge in [0, 0.05) is 18.4 Å². The fraction of sp³-hybridized carbons (Fsp3) is 0.333. The van der Waals surface area contributed by atoms with Crippen LogP contribution in [-0.4, -0.2) is 4.57 Å². The summed E-state index contributed by atoms with van der Waals surface area (Å²) < 4.78 is 2.28.